The predicted molar refractivity (Wildman–Crippen MR) is 91.7 cm³/mol. The summed E-state index contributed by atoms with van der Waals surface area (Å²) in [6.07, 6.45) is 0. The number of para-hydroxylation sites is 1. The van der Waals surface area contributed by atoms with Gasteiger partial charge in [0, 0.05) is 17.3 Å². The highest BCUT2D eigenvalue weighted by Crippen LogP contribution is 2.17. The Balaban J connectivity index is 2.10. The van der Waals surface area contributed by atoms with Crippen LogP contribution in [0.15, 0.2) is 48.5 Å². The van der Waals surface area contributed by atoms with Gasteiger partial charge in [0.2, 0.25) is 5.91 Å². The third-order valence-corrected chi connectivity index (χ3v) is 3.18. The molecule has 0 saturated carbocycles. The van der Waals surface area contributed by atoms with Gasteiger partial charge >= 0.3 is 0 Å². The number of carbonyl (C=O) groups excluding carboxylic acids is 2. The maximum atomic E-state index is 12.1. The van der Waals surface area contributed by atoms with Crippen molar-refractivity contribution in [2.45, 2.75) is 0 Å². The highest BCUT2D eigenvalue weighted by atomic mass is 32.1. The van der Waals surface area contributed by atoms with Crippen LogP contribution < -0.4 is 16.4 Å². The maximum Gasteiger partial charge on any atom is 0.282 e. The zero-order chi connectivity index (χ0) is 17.7. The SMILES string of the molecule is NC(=O)c1cccc(NC(=S)NC(=O)c2ccccc2[N+](=O)[O-])c1. The minimum atomic E-state index is -0.717. The van der Waals surface area contributed by atoms with Gasteiger partial charge in [0.25, 0.3) is 11.6 Å². The summed E-state index contributed by atoms with van der Waals surface area (Å²) >= 11 is 5.00. The van der Waals surface area contributed by atoms with Crippen molar-refractivity contribution in [3.05, 3.63) is 69.8 Å². The van der Waals surface area contributed by atoms with Crippen molar-refractivity contribution in [3.8, 4) is 0 Å². The van der Waals surface area contributed by atoms with Crippen LogP contribution in [0.3, 0.4) is 0 Å². The predicted octanol–water partition coefficient (Wildman–Crippen LogP) is 1.82. The second-order valence-electron chi connectivity index (χ2n) is 4.63. The second kappa shape index (κ2) is 7.29. The van der Waals surface area contributed by atoms with Gasteiger partial charge < -0.3 is 11.1 Å². The van der Waals surface area contributed by atoms with Crippen molar-refractivity contribution in [1.82, 2.24) is 5.32 Å². The zero-order valence-electron chi connectivity index (χ0n) is 12.2. The fraction of sp³-hybridized carbons (Fsp3) is 0. The molecule has 0 radical (unpaired) electrons. The molecule has 122 valence electrons. The smallest absolute Gasteiger partial charge is 0.282 e. The van der Waals surface area contributed by atoms with Crippen molar-refractivity contribution in [1.29, 1.82) is 0 Å². The molecule has 2 aromatic carbocycles. The van der Waals surface area contributed by atoms with Crippen LogP contribution in [-0.4, -0.2) is 21.9 Å². The van der Waals surface area contributed by atoms with E-state index in [1.165, 1.54) is 36.4 Å². The first-order valence-corrected chi connectivity index (χ1v) is 7.05. The van der Waals surface area contributed by atoms with E-state index in [0.29, 0.717) is 5.69 Å². The molecule has 0 saturated heterocycles. The summed E-state index contributed by atoms with van der Waals surface area (Å²) < 4.78 is 0. The molecule has 0 aliphatic heterocycles. The van der Waals surface area contributed by atoms with Crippen LogP contribution in [0.25, 0.3) is 0 Å². The lowest BCUT2D eigenvalue weighted by atomic mass is 10.1. The number of carbonyl (C=O) groups is 2. The van der Waals surface area contributed by atoms with E-state index in [-0.39, 0.29) is 21.9 Å². The molecule has 8 nitrogen and oxygen atoms in total. The van der Waals surface area contributed by atoms with Crippen LogP contribution in [0.1, 0.15) is 20.7 Å². The van der Waals surface area contributed by atoms with Gasteiger partial charge in [-0.3, -0.25) is 25.0 Å². The Kier molecular flexibility index (Phi) is 5.17. The van der Waals surface area contributed by atoms with Gasteiger partial charge in [-0.15, -0.1) is 0 Å². The average Bonchev–Trinajstić information content (AvgIpc) is 2.54. The number of nitrogens with zero attached hydrogens (tertiary/aromatic N) is 1. The Morgan fingerprint density at radius 2 is 1.83 bits per heavy atom. The van der Waals surface area contributed by atoms with Crippen LogP contribution in [0.4, 0.5) is 11.4 Å². The number of nitro groups is 1. The molecule has 0 bridgehead atoms. The van der Waals surface area contributed by atoms with E-state index in [0.717, 1.165) is 0 Å². The van der Waals surface area contributed by atoms with Gasteiger partial charge in [-0.25, -0.2) is 0 Å². The summed E-state index contributed by atoms with van der Waals surface area (Å²) in [5.41, 5.74) is 5.46. The Labute approximate surface area is 141 Å². The number of benzene rings is 2. The van der Waals surface area contributed by atoms with Gasteiger partial charge in [0.05, 0.1) is 4.92 Å². The molecule has 0 aromatic heterocycles. The van der Waals surface area contributed by atoms with E-state index in [4.69, 9.17) is 18.0 Å². The summed E-state index contributed by atoms with van der Waals surface area (Å²) in [5, 5.41) is 15.9. The average molecular weight is 344 g/mol. The summed E-state index contributed by atoms with van der Waals surface area (Å²) in [4.78, 5) is 33.5. The van der Waals surface area contributed by atoms with Crippen LogP contribution in [-0.2, 0) is 0 Å². The van der Waals surface area contributed by atoms with Crippen molar-refractivity contribution in [2.75, 3.05) is 5.32 Å². The molecule has 24 heavy (non-hydrogen) atoms. The van der Waals surface area contributed by atoms with Crippen LogP contribution in [0.2, 0.25) is 0 Å². The zero-order valence-corrected chi connectivity index (χ0v) is 13.0. The fourth-order valence-corrected chi connectivity index (χ4v) is 2.12. The van der Waals surface area contributed by atoms with Gasteiger partial charge in [-0.05, 0) is 36.5 Å². The van der Waals surface area contributed by atoms with Crippen LogP contribution in [0, 0.1) is 10.1 Å². The van der Waals surface area contributed by atoms with E-state index in [9.17, 15) is 19.7 Å². The Hall–Kier alpha value is -3.33. The van der Waals surface area contributed by atoms with Crippen molar-refractivity contribution >= 4 is 40.5 Å². The molecule has 2 aromatic rings. The van der Waals surface area contributed by atoms with E-state index in [1.54, 1.807) is 12.1 Å². The Morgan fingerprint density at radius 3 is 2.50 bits per heavy atom. The summed E-state index contributed by atoms with van der Waals surface area (Å²) in [6, 6.07) is 11.7. The minimum Gasteiger partial charge on any atom is -0.366 e. The summed E-state index contributed by atoms with van der Waals surface area (Å²) in [6.45, 7) is 0. The Bertz CT molecular complexity index is 838. The minimum absolute atomic E-state index is 0.0697. The number of nitrogens with one attached hydrogen (secondary N) is 2. The number of nitrogens with two attached hydrogens (primary N) is 1. The first-order valence-electron chi connectivity index (χ1n) is 6.64. The molecule has 2 rings (SSSR count). The molecular formula is C15H12N4O4S. The molecule has 0 spiro atoms. The van der Waals surface area contributed by atoms with E-state index in [1.807, 2.05) is 0 Å². The lowest BCUT2D eigenvalue weighted by Gasteiger charge is -2.10. The van der Waals surface area contributed by atoms with Crippen molar-refractivity contribution < 1.29 is 14.5 Å². The quantitative estimate of drug-likeness (QED) is 0.441. The molecule has 9 heteroatoms. The second-order valence-corrected chi connectivity index (χ2v) is 5.04. The first-order chi connectivity index (χ1) is 11.4. The molecule has 0 atom stereocenters. The summed E-state index contributed by atoms with van der Waals surface area (Å²) in [7, 11) is 0. The highest BCUT2D eigenvalue weighted by Gasteiger charge is 2.19. The van der Waals surface area contributed by atoms with E-state index in [2.05, 4.69) is 10.6 Å². The molecule has 0 unspecified atom stereocenters. The highest BCUT2D eigenvalue weighted by molar-refractivity contribution is 7.80. The number of anilines is 1. The van der Waals surface area contributed by atoms with Gasteiger partial charge in [0.1, 0.15) is 5.56 Å². The molecule has 0 aliphatic rings. The Morgan fingerprint density at radius 1 is 1.12 bits per heavy atom. The molecule has 2 amide bonds. The van der Waals surface area contributed by atoms with Crippen LogP contribution in [0.5, 0.6) is 0 Å². The number of primary amides is 1. The van der Waals surface area contributed by atoms with Gasteiger partial charge in [0.15, 0.2) is 5.11 Å². The normalized spacial score (nSPS) is 9.83. The standard InChI is InChI=1S/C15H12N4O4S/c16-13(20)9-4-3-5-10(8-9)17-15(24)18-14(21)11-6-1-2-7-12(11)19(22)23/h1-8H,(H2,16,20)(H2,17,18,21,24). The van der Waals surface area contributed by atoms with Gasteiger partial charge in [-0.1, -0.05) is 18.2 Å². The third kappa shape index (κ3) is 4.11. The third-order valence-electron chi connectivity index (χ3n) is 2.98. The number of amides is 2. The topological polar surface area (TPSA) is 127 Å². The number of rotatable bonds is 4. The van der Waals surface area contributed by atoms with E-state index >= 15 is 0 Å². The van der Waals surface area contributed by atoms with Gasteiger partial charge in [-0.2, -0.15) is 0 Å². The number of hydrogen-bond acceptors (Lipinski definition) is 5. The monoisotopic (exact) mass is 344 g/mol. The lowest BCUT2D eigenvalue weighted by Crippen LogP contribution is -2.34. The largest absolute Gasteiger partial charge is 0.366 e. The first kappa shape index (κ1) is 17.0. The lowest BCUT2D eigenvalue weighted by molar-refractivity contribution is -0.385. The van der Waals surface area contributed by atoms with E-state index < -0.39 is 16.7 Å². The molecule has 0 aliphatic carbocycles. The summed E-state index contributed by atoms with van der Waals surface area (Å²) in [5.74, 6) is -1.32. The number of hydrogen-bond donors (Lipinski definition) is 3. The maximum absolute atomic E-state index is 12.1. The number of thiocarbonyl (C=S) groups is 1. The van der Waals surface area contributed by atoms with Crippen molar-refractivity contribution in [2.24, 2.45) is 5.73 Å². The van der Waals surface area contributed by atoms with Crippen molar-refractivity contribution in [3.63, 3.8) is 0 Å². The molecule has 0 heterocycles. The van der Waals surface area contributed by atoms with Crippen LogP contribution >= 0.6 is 12.2 Å². The number of nitro benzene ring substituents is 1. The molecule has 0 fully saturated rings. The fourth-order valence-electron chi connectivity index (χ4n) is 1.91. The molecule has 4 N–H and O–H groups in total. The molecular weight excluding hydrogens is 332 g/mol.